The summed E-state index contributed by atoms with van der Waals surface area (Å²) in [4.78, 5) is 22.8. The summed E-state index contributed by atoms with van der Waals surface area (Å²) in [5.74, 6) is -0.0520. The number of nitrogens with one attached hydrogen (secondary N) is 1. The molecule has 0 saturated carbocycles. The Hall–Kier alpha value is -2.21. The van der Waals surface area contributed by atoms with E-state index < -0.39 is 5.97 Å². The zero-order valence-electron chi connectivity index (χ0n) is 13.3. The summed E-state index contributed by atoms with van der Waals surface area (Å²) in [6.45, 7) is 4.24. The van der Waals surface area contributed by atoms with Crippen LogP contribution < -0.4 is 14.8 Å². The molecule has 1 rings (SSSR count). The summed E-state index contributed by atoms with van der Waals surface area (Å²) in [5.41, 5.74) is 0.647. The quantitative estimate of drug-likeness (QED) is 0.580. The zero-order chi connectivity index (χ0) is 17.2. The first kappa shape index (κ1) is 18.8. The maximum Gasteiger partial charge on any atom is 0.331 e. The number of ether oxygens (including phenoxy) is 3. The normalized spacial score (nSPS) is 10.4. The van der Waals surface area contributed by atoms with Gasteiger partial charge in [0.2, 0.25) is 0 Å². The van der Waals surface area contributed by atoms with Crippen molar-refractivity contribution in [2.24, 2.45) is 0 Å². The maximum atomic E-state index is 11.6. The van der Waals surface area contributed by atoms with Gasteiger partial charge < -0.3 is 19.5 Å². The molecule has 0 bridgehead atoms. The van der Waals surface area contributed by atoms with Crippen molar-refractivity contribution >= 4 is 29.6 Å². The number of carbonyl (C=O) groups is 2. The van der Waals surface area contributed by atoms with Crippen LogP contribution in [0.15, 0.2) is 18.2 Å². The van der Waals surface area contributed by atoms with Crippen LogP contribution in [0.1, 0.15) is 19.4 Å². The third-order valence-electron chi connectivity index (χ3n) is 2.67. The molecule has 0 fully saturated rings. The van der Waals surface area contributed by atoms with E-state index in [1.807, 2.05) is 6.92 Å². The Kier molecular flexibility index (Phi) is 7.97. The lowest BCUT2D eigenvalue weighted by molar-refractivity contribution is -0.143. The zero-order valence-corrected chi connectivity index (χ0v) is 14.1. The summed E-state index contributed by atoms with van der Waals surface area (Å²) in [6.07, 6.45) is 2.74. The fraction of sp³-hybridized carbons (Fsp3) is 0.375. The highest BCUT2D eigenvalue weighted by Crippen LogP contribution is 2.36. The lowest BCUT2D eigenvalue weighted by atomic mass is 10.2. The molecule has 1 N–H and O–H groups in total. The SMILES string of the molecule is CCNC(=O)COC(=O)/C=C/c1cc(Cl)c(OC)c(OCC)c1. The fourth-order valence-corrected chi connectivity index (χ4v) is 2.04. The van der Waals surface area contributed by atoms with E-state index in [9.17, 15) is 9.59 Å². The molecule has 1 aromatic carbocycles. The Morgan fingerprint density at radius 2 is 2.04 bits per heavy atom. The second-order valence-electron chi connectivity index (χ2n) is 4.36. The number of likely N-dealkylation sites (N-methyl/N-ethyl adjacent to an activating group) is 1. The number of carbonyl (C=O) groups excluding carboxylic acids is 2. The lowest BCUT2D eigenvalue weighted by Gasteiger charge is -2.11. The van der Waals surface area contributed by atoms with Crippen molar-refractivity contribution in [2.75, 3.05) is 26.9 Å². The van der Waals surface area contributed by atoms with Gasteiger partial charge in [-0.2, -0.15) is 0 Å². The Balaban J connectivity index is 2.75. The van der Waals surface area contributed by atoms with Gasteiger partial charge in [0.1, 0.15) is 0 Å². The standard InChI is InChI=1S/C16H20ClNO5/c1-4-18-14(19)10-23-15(20)7-6-11-8-12(17)16(21-3)13(9-11)22-5-2/h6-9H,4-5,10H2,1-3H3,(H,18,19)/b7-6+. The molecule has 126 valence electrons. The molecule has 0 spiro atoms. The Morgan fingerprint density at radius 1 is 1.30 bits per heavy atom. The molecule has 6 nitrogen and oxygen atoms in total. The van der Waals surface area contributed by atoms with Gasteiger partial charge in [-0.3, -0.25) is 4.79 Å². The average Bonchev–Trinajstić information content (AvgIpc) is 2.51. The second kappa shape index (κ2) is 9.74. The molecule has 0 unspecified atom stereocenters. The van der Waals surface area contributed by atoms with Crippen LogP contribution in [0.4, 0.5) is 0 Å². The highest BCUT2D eigenvalue weighted by Gasteiger charge is 2.11. The van der Waals surface area contributed by atoms with E-state index in [-0.39, 0.29) is 12.5 Å². The van der Waals surface area contributed by atoms with Gasteiger partial charge in [-0.15, -0.1) is 0 Å². The number of benzene rings is 1. The van der Waals surface area contributed by atoms with Crippen molar-refractivity contribution in [3.8, 4) is 11.5 Å². The molecule has 0 aliphatic heterocycles. The molecule has 0 atom stereocenters. The van der Waals surface area contributed by atoms with Crippen molar-refractivity contribution in [1.29, 1.82) is 0 Å². The number of amides is 1. The van der Waals surface area contributed by atoms with Crippen molar-refractivity contribution < 1.29 is 23.8 Å². The largest absolute Gasteiger partial charge is 0.491 e. The summed E-state index contributed by atoms with van der Waals surface area (Å²) in [5, 5.41) is 2.90. The molecule has 1 aromatic rings. The van der Waals surface area contributed by atoms with Crippen molar-refractivity contribution in [1.82, 2.24) is 5.32 Å². The van der Waals surface area contributed by atoms with Crippen LogP contribution in [0.5, 0.6) is 11.5 Å². The first-order valence-electron chi connectivity index (χ1n) is 7.13. The Morgan fingerprint density at radius 3 is 2.65 bits per heavy atom. The minimum Gasteiger partial charge on any atom is -0.491 e. The molecule has 23 heavy (non-hydrogen) atoms. The first-order chi connectivity index (χ1) is 11.0. The number of hydrogen-bond acceptors (Lipinski definition) is 5. The lowest BCUT2D eigenvalue weighted by Crippen LogP contribution is -2.28. The van der Waals surface area contributed by atoms with E-state index >= 15 is 0 Å². The summed E-state index contributed by atoms with van der Waals surface area (Å²) < 4.78 is 15.4. The fourth-order valence-electron chi connectivity index (χ4n) is 1.74. The molecule has 0 heterocycles. The highest BCUT2D eigenvalue weighted by molar-refractivity contribution is 6.32. The molecule has 0 aliphatic rings. The van der Waals surface area contributed by atoms with Crippen LogP contribution in [0.2, 0.25) is 5.02 Å². The van der Waals surface area contributed by atoms with Crippen molar-refractivity contribution in [3.63, 3.8) is 0 Å². The van der Waals surface area contributed by atoms with Gasteiger partial charge in [-0.1, -0.05) is 11.6 Å². The van der Waals surface area contributed by atoms with Gasteiger partial charge in [0.15, 0.2) is 18.1 Å². The summed E-state index contributed by atoms with van der Waals surface area (Å²) in [7, 11) is 1.50. The van der Waals surface area contributed by atoms with Crippen LogP contribution >= 0.6 is 11.6 Å². The molecule has 7 heteroatoms. The van der Waals surface area contributed by atoms with Gasteiger partial charge in [-0.25, -0.2) is 4.79 Å². The van der Waals surface area contributed by atoms with E-state index in [4.69, 9.17) is 25.8 Å². The van der Waals surface area contributed by atoms with Crippen LogP contribution in [0.25, 0.3) is 6.08 Å². The van der Waals surface area contributed by atoms with E-state index in [2.05, 4.69) is 5.32 Å². The Labute approximate surface area is 140 Å². The maximum absolute atomic E-state index is 11.6. The van der Waals surface area contributed by atoms with Crippen molar-refractivity contribution in [2.45, 2.75) is 13.8 Å². The number of methoxy groups -OCH3 is 1. The number of halogens is 1. The van der Waals surface area contributed by atoms with Gasteiger partial charge in [-0.05, 0) is 37.6 Å². The highest BCUT2D eigenvalue weighted by atomic mass is 35.5. The number of hydrogen-bond donors (Lipinski definition) is 1. The monoisotopic (exact) mass is 341 g/mol. The van der Waals surface area contributed by atoms with Crippen LogP contribution in [-0.4, -0.2) is 38.7 Å². The molecular formula is C16H20ClNO5. The van der Waals surface area contributed by atoms with Gasteiger partial charge >= 0.3 is 5.97 Å². The van der Waals surface area contributed by atoms with Gasteiger partial charge in [0.05, 0.1) is 18.7 Å². The van der Waals surface area contributed by atoms with Gasteiger partial charge in [0, 0.05) is 12.6 Å². The molecule has 0 radical (unpaired) electrons. The molecule has 0 aromatic heterocycles. The third-order valence-corrected chi connectivity index (χ3v) is 2.95. The number of rotatable bonds is 8. The molecule has 1 amide bonds. The topological polar surface area (TPSA) is 73.9 Å². The van der Waals surface area contributed by atoms with E-state index in [1.54, 1.807) is 19.1 Å². The second-order valence-corrected chi connectivity index (χ2v) is 4.77. The molecule has 0 aliphatic carbocycles. The van der Waals surface area contributed by atoms with E-state index in [0.717, 1.165) is 0 Å². The molecule has 0 saturated heterocycles. The first-order valence-corrected chi connectivity index (χ1v) is 7.51. The minimum absolute atomic E-state index is 0.315. The van der Waals surface area contributed by atoms with Crippen LogP contribution in [0, 0.1) is 0 Å². The summed E-state index contributed by atoms with van der Waals surface area (Å²) >= 11 is 6.12. The predicted molar refractivity (Wildman–Crippen MR) is 87.8 cm³/mol. The Bertz CT molecular complexity index is 586. The van der Waals surface area contributed by atoms with E-state index in [0.29, 0.717) is 35.2 Å². The van der Waals surface area contributed by atoms with Crippen LogP contribution in [-0.2, 0) is 14.3 Å². The average molecular weight is 342 g/mol. The minimum atomic E-state index is -0.624. The smallest absolute Gasteiger partial charge is 0.331 e. The van der Waals surface area contributed by atoms with Gasteiger partial charge in [0.25, 0.3) is 5.91 Å². The van der Waals surface area contributed by atoms with Crippen molar-refractivity contribution in [3.05, 3.63) is 28.8 Å². The third kappa shape index (κ3) is 6.20. The predicted octanol–water partition coefficient (Wildman–Crippen LogP) is 2.44. The number of esters is 1. The van der Waals surface area contributed by atoms with Crippen LogP contribution in [0.3, 0.4) is 0 Å². The summed E-state index contributed by atoms with van der Waals surface area (Å²) in [6, 6.07) is 3.33. The van der Waals surface area contributed by atoms with E-state index in [1.165, 1.54) is 19.3 Å². The molecular weight excluding hydrogens is 322 g/mol.